The Kier molecular flexibility index (Phi) is 4.30. The van der Waals surface area contributed by atoms with Gasteiger partial charge in [0.1, 0.15) is 0 Å². The van der Waals surface area contributed by atoms with Crippen LogP contribution in [0.4, 0.5) is 4.79 Å². The normalized spacial score (nSPS) is 24.8. The third-order valence-electron chi connectivity index (χ3n) is 4.73. The summed E-state index contributed by atoms with van der Waals surface area (Å²) < 4.78 is 0. The molecule has 0 spiro atoms. The third-order valence-corrected chi connectivity index (χ3v) is 4.73. The van der Waals surface area contributed by atoms with E-state index in [-0.39, 0.29) is 0 Å². The summed E-state index contributed by atoms with van der Waals surface area (Å²) in [5, 5.41) is 18.0. The van der Waals surface area contributed by atoms with Gasteiger partial charge < -0.3 is 14.9 Å². The molecule has 2 aliphatic heterocycles. The Morgan fingerprint density at radius 3 is 2.36 bits per heavy atom. The van der Waals surface area contributed by atoms with E-state index in [1.165, 1.54) is 5.56 Å². The van der Waals surface area contributed by atoms with Crippen molar-refractivity contribution in [3.8, 4) is 6.07 Å². The van der Waals surface area contributed by atoms with E-state index in [0.29, 0.717) is 30.5 Å². The number of nitriles is 1. The van der Waals surface area contributed by atoms with Gasteiger partial charge >= 0.3 is 6.09 Å². The number of hydrogen-bond acceptors (Lipinski definition) is 3. The molecule has 0 aliphatic carbocycles. The van der Waals surface area contributed by atoms with E-state index < -0.39 is 6.09 Å². The first-order chi connectivity index (χ1) is 10.6. The molecule has 2 unspecified atom stereocenters. The fourth-order valence-corrected chi connectivity index (χ4v) is 3.76. The highest BCUT2D eigenvalue weighted by molar-refractivity contribution is 5.65. The van der Waals surface area contributed by atoms with Crippen LogP contribution in [0.15, 0.2) is 24.3 Å². The maximum atomic E-state index is 11.1. The van der Waals surface area contributed by atoms with E-state index in [4.69, 9.17) is 10.4 Å². The Morgan fingerprint density at radius 2 is 1.82 bits per heavy atom. The number of hydrogen-bond donors (Lipinski definition) is 1. The molecule has 2 heterocycles. The Hall–Kier alpha value is -2.06. The van der Waals surface area contributed by atoms with Crippen LogP contribution in [0.3, 0.4) is 0 Å². The predicted octanol–water partition coefficient (Wildman–Crippen LogP) is 2.03. The zero-order valence-electron chi connectivity index (χ0n) is 12.6. The molecule has 2 fully saturated rings. The average Bonchev–Trinajstić information content (AvgIpc) is 2.52. The number of carboxylic acid groups (broad SMARTS) is 1. The zero-order valence-corrected chi connectivity index (χ0v) is 12.6. The van der Waals surface area contributed by atoms with Gasteiger partial charge in [-0.05, 0) is 42.4 Å². The molecule has 2 aliphatic rings. The van der Waals surface area contributed by atoms with Gasteiger partial charge in [-0.2, -0.15) is 5.26 Å². The molecular formula is C17H21N3O2. The maximum Gasteiger partial charge on any atom is 0.407 e. The fourth-order valence-electron chi connectivity index (χ4n) is 3.76. The molecule has 22 heavy (non-hydrogen) atoms. The second kappa shape index (κ2) is 6.37. The second-order valence-electron chi connectivity index (χ2n) is 6.47. The van der Waals surface area contributed by atoms with Crippen molar-refractivity contribution in [1.82, 2.24) is 9.80 Å². The van der Waals surface area contributed by atoms with Crippen molar-refractivity contribution in [2.24, 2.45) is 11.8 Å². The molecule has 5 nitrogen and oxygen atoms in total. The van der Waals surface area contributed by atoms with Crippen molar-refractivity contribution in [3.63, 3.8) is 0 Å². The summed E-state index contributed by atoms with van der Waals surface area (Å²) in [5.41, 5.74) is 1.95. The molecule has 5 heteroatoms. The summed E-state index contributed by atoms with van der Waals surface area (Å²) in [6.07, 6.45) is 1.37. The number of carbonyl (C=O) groups is 1. The number of piperidine rings is 2. The topological polar surface area (TPSA) is 67.6 Å². The first-order valence-electron chi connectivity index (χ1n) is 7.83. The third kappa shape index (κ3) is 3.40. The predicted molar refractivity (Wildman–Crippen MR) is 82.5 cm³/mol. The minimum atomic E-state index is -0.777. The van der Waals surface area contributed by atoms with Crippen LogP contribution in [0.2, 0.25) is 0 Å². The van der Waals surface area contributed by atoms with E-state index in [0.717, 1.165) is 32.5 Å². The van der Waals surface area contributed by atoms with Gasteiger partial charge in [0, 0.05) is 32.7 Å². The molecule has 116 valence electrons. The largest absolute Gasteiger partial charge is 0.465 e. The molecule has 2 bridgehead atoms. The molecule has 1 N–H and O–H groups in total. The molecule has 3 rings (SSSR count). The van der Waals surface area contributed by atoms with Crippen LogP contribution >= 0.6 is 0 Å². The van der Waals surface area contributed by atoms with Crippen LogP contribution in [-0.4, -0.2) is 53.7 Å². The monoisotopic (exact) mass is 299 g/mol. The standard InChI is InChI=1S/C17H21N3O2/c18-8-14-3-1-13(2-4-14)5-6-19-9-15-7-16(10-19)12-20(11-15)17(21)22/h1-4,15-16H,5-7,9-12H2,(H,21,22). The molecule has 1 amide bonds. The van der Waals surface area contributed by atoms with Gasteiger partial charge in [0.2, 0.25) is 0 Å². The quantitative estimate of drug-likeness (QED) is 0.927. The Bertz CT molecular complexity index is 565. The fraction of sp³-hybridized carbons (Fsp3) is 0.529. The van der Waals surface area contributed by atoms with Crippen molar-refractivity contribution < 1.29 is 9.90 Å². The zero-order chi connectivity index (χ0) is 15.5. The molecule has 0 saturated carbocycles. The van der Waals surface area contributed by atoms with Crippen molar-refractivity contribution >= 4 is 6.09 Å². The van der Waals surface area contributed by atoms with E-state index in [2.05, 4.69) is 11.0 Å². The molecule has 2 atom stereocenters. The molecule has 0 aromatic heterocycles. The van der Waals surface area contributed by atoms with Gasteiger partial charge in [-0.15, -0.1) is 0 Å². The highest BCUT2D eigenvalue weighted by atomic mass is 16.4. The maximum absolute atomic E-state index is 11.1. The Labute approximate surface area is 130 Å². The highest BCUT2D eigenvalue weighted by Gasteiger charge is 2.35. The van der Waals surface area contributed by atoms with Crippen LogP contribution in [0, 0.1) is 23.2 Å². The molecule has 1 aromatic rings. The summed E-state index contributed by atoms with van der Waals surface area (Å²) in [6.45, 7) is 4.36. The van der Waals surface area contributed by atoms with Crippen molar-refractivity contribution in [2.75, 3.05) is 32.7 Å². The van der Waals surface area contributed by atoms with Crippen molar-refractivity contribution in [3.05, 3.63) is 35.4 Å². The van der Waals surface area contributed by atoms with Crippen LogP contribution < -0.4 is 0 Å². The van der Waals surface area contributed by atoms with E-state index >= 15 is 0 Å². The lowest BCUT2D eigenvalue weighted by Crippen LogP contribution is -2.54. The second-order valence-corrected chi connectivity index (χ2v) is 6.47. The molecule has 2 saturated heterocycles. The van der Waals surface area contributed by atoms with Gasteiger partial charge in [-0.1, -0.05) is 12.1 Å². The summed E-state index contributed by atoms with van der Waals surface area (Å²) in [6, 6.07) is 9.92. The first kappa shape index (κ1) is 14.9. The number of rotatable bonds is 3. The average molecular weight is 299 g/mol. The first-order valence-corrected chi connectivity index (χ1v) is 7.83. The smallest absolute Gasteiger partial charge is 0.407 e. The van der Waals surface area contributed by atoms with Gasteiger partial charge in [-0.25, -0.2) is 4.79 Å². The van der Waals surface area contributed by atoms with Gasteiger partial charge in [0.25, 0.3) is 0 Å². The van der Waals surface area contributed by atoms with Crippen LogP contribution in [0.1, 0.15) is 17.5 Å². The number of likely N-dealkylation sites (tertiary alicyclic amines) is 2. The molecule has 0 radical (unpaired) electrons. The van der Waals surface area contributed by atoms with E-state index in [9.17, 15) is 4.79 Å². The van der Waals surface area contributed by atoms with Crippen molar-refractivity contribution in [1.29, 1.82) is 5.26 Å². The van der Waals surface area contributed by atoms with Crippen LogP contribution in [0.5, 0.6) is 0 Å². The van der Waals surface area contributed by atoms with Gasteiger partial charge in [-0.3, -0.25) is 0 Å². The lowest BCUT2D eigenvalue weighted by molar-refractivity contribution is 0.0341. The van der Waals surface area contributed by atoms with E-state index in [1.54, 1.807) is 4.90 Å². The van der Waals surface area contributed by atoms with Gasteiger partial charge in [0.15, 0.2) is 0 Å². The lowest BCUT2D eigenvalue weighted by atomic mass is 9.84. The summed E-state index contributed by atoms with van der Waals surface area (Å²) in [4.78, 5) is 15.2. The number of fused-ring (bicyclic) bond motifs is 2. The highest BCUT2D eigenvalue weighted by Crippen LogP contribution is 2.28. The number of benzene rings is 1. The lowest BCUT2D eigenvalue weighted by Gasteiger charge is -2.45. The number of amides is 1. The number of nitrogens with zero attached hydrogens (tertiary/aromatic N) is 3. The summed E-state index contributed by atoms with van der Waals surface area (Å²) in [5.74, 6) is 0.953. The minimum Gasteiger partial charge on any atom is -0.465 e. The van der Waals surface area contributed by atoms with Crippen LogP contribution in [-0.2, 0) is 6.42 Å². The summed E-state index contributed by atoms with van der Waals surface area (Å²) in [7, 11) is 0. The van der Waals surface area contributed by atoms with Gasteiger partial charge in [0.05, 0.1) is 11.6 Å². The van der Waals surface area contributed by atoms with E-state index in [1.807, 2.05) is 24.3 Å². The van der Waals surface area contributed by atoms with Crippen molar-refractivity contribution in [2.45, 2.75) is 12.8 Å². The van der Waals surface area contributed by atoms with Crippen LogP contribution in [0.25, 0.3) is 0 Å². The Balaban J connectivity index is 1.52. The SMILES string of the molecule is N#Cc1ccc(CCN2CC3CC(C2)CN(C(=O)O)C3)cc1. The molecule has 1 aromatic carbocycles. The minimum absolute atomic E-state index is 0.476. The summed E-state index contributed by atoms with van der Waals surface area (Å²) >= 11 is 0. The molecular weight excluding hydrogens is 278 g/mol. The Morgan fingerprint density at radius 1 is 1.18 bits per heavy atom.